The van der Waals surface area contributed by atoms with Gasteiger partial charge in [-0.15, -0.1) is 0 Å². The molecule has 3 rings (SSSR count). The minimum absolute atomic E-state index is 0.0911. The summed E-state index contributed by atoms with van der Waals surface area (Å²) in [6.07, 6.45) is 2.66. The molecule has 2 aromatic carbocycles. The minimum Gasteiger partial charge on any atom is -0.496 e. The van der Waals surface area contributed by atoms with Crippen molar-refractivity contribution in [3.05, 3.63) is 59.7 Å². The van der Waals surface area contributed by atoms with Crippen LogP contribution in [-0.4, -0.2) is 25.6 Å². The molecule has 1 aliphatic carbocycles. The van der Waals surface area contributed by atoms with Gasteiger partial charge in [0.15, 0.2) is 0 Å². The summed E-state index contributed by atoms with van der Waals surface area (Å²) in [7, 11) is 1.64. The third-order valence-electron chi connectivity index (χ3n) is 4.85. The number of urea groups is 1. The van der Waals surface area contributed by atoms with Crippen molar-refractivity contribution >= 4 is 17.6 Å². The third-order valence-corrected chi connectivity index (χ3v) is 4.85. The number of anilines is 1. The quantitative estimate of drug-likeness (QED) is 0.653. The van der Waals surface area contributed by atoms with Crippen molar-refractivity contribution in [2.24, 2.45) is 5.92 Å². The van der Waals surface area contributed by atoms with Gasteiger partial charge in [0.05, 0.1) is 13.2 Å². The van der Waals surface area contributed by atoms with Crippen LogP contribution in [0.1, 0.15) is 36.9 Å². The van der Waals surface area contributed by atoms with Crippen molar-refractivity contribution < 1.29 is 14.3 Å². The summed E-state index contributed by atoms with van der Waals surface area (Å²) in [5.41, 5.74) is 2.82. The lowest BCUT2D eigenvalue weighted by atomic mass is 10.1. The van der Waals surface area contributed by atoms with E-state index in [9.17, 15) is 9.59 Å². The molecule has 0 radical (unpaired) electrons. The molecule has 1 atom stereocenters. The van der Waals surface area contributed by atoms with E-state index < -0.39 is 0 Å². The average molecular weight is 381 g/mol. The Morgan fingerprint density at radius 2 is 1.82 bits per heavy atom. The first-order valence-corrected chi connectivity index (χ1v) is 9.64. The largest absolute Gasteiger partial charge is 0.496 e. The Balaban J connectivity index is 1.43. The molecule has 0 spiro atoms. The van der Waals surface area contributed by atoms with Crippen LogP contribution in [-0.2, 0) is 11.2 Å². The number of hydrogen-bond acceptors (Lipinski definition) is 3. The van der Waals surface area contributed by atoms with Crippen LogP contribution in [0.5, 0.6) is 5.75 Å². The van der Waals surface area contributed by atoms with Gasteiger partial charge in [0.25, 0.3) is 0 Å². The Hall–Kier alpha value is -3.02. The highest BCUT2D eigenvalue weighted by Gasteiger charge is 2.29. The van der Waals surface area contributed by atoms with Crippen molar-refractivity contribution in [1.29, 1.82) is 0 Å². The molecule has 0 bridgehead atoms. The van der Waals surface area contributed by atoms with Crippen LogP contribution in [0.2, 0.25) is 0 Å². The number of rotatable bonds is 8. The monoisotopic (exact) mass is 381 g/mol. The standard InChI is InChI=1S/C22H27N3O3/c1-15(16-9-11-19(12-10-16)25-21(26)18-7-8-18)24-22(27)23-14-13-17-5-3-4-6-20(17)28-2/h3-6,9-12,15,18H,7-8,13-14H2,1-2H3,(H,25,26)(H2,23,24,27). The Morgan fingerprint density at radius 1 is 1.11 bits per heavy atom. The number of ether oxygens (including phenoxy) is 1. The van der Waals surface area contributed by atoms with Crippen LogP contribution in [0.25, 0.3) is 0 Å². The molecule has 0 saturated heterocycles. The number of nitrogens with one attached hydrogen (secondary N) is 3. The fourth-order valence-corrected chi connectivity index (χ4v) is 3.00. The van der Waals surface area contributed by atoms with Crippen LogP contribution in [0, 0.1) is 5.92 Å². The highest BCUT2D eigenvalue weighted by molar-refractivity contribution is 5.94. The van der Waals surface area contributed by atoms with Gasteiger partial charge < -0.3 is 20.7 Å². The fraction of sp³-hybridized carbons (Fsp3) is 0.364. The van der Waals surface area contributed by atoms with Gasteiger partial charge >= 0.3 is 6.03 Å². The second kappa shape index (κ2) is 9.26. The lowest BCUT2D eigenvalue weighted by molar-refractivity contribution is -0.117. The summed E-state index contributed by atoms with van der Waals surface area (Å²) in [6, 6.07) is 15.0. The van der Waals surface area contributed by atoms with Gasteiger partial charge in [0.1, 0.15) is 5.75 Å². The summed E-state index contributed by atoms with van der Waals surface area (Å²) in [6.45, 7) is 2.45. The summed E-state index contributed by atoms with van der Waals surface area (Å²) < 4.78 is 5.32. The Bertz CT molecular complexity index is 816. The molecule has 1 aliphatic rings. The molecule has 1 unspecified atom stereocenters. The average Bonchev–Trinajstić information content (AvgIpc) is 3.54. The molecule has 6 nitrogen and oxygen atoms in total. The van der Waals surface area contributed by atoms with E-state index in [1.54, 1.807) is 7.11 Å². The number of carbonyl (C=O) groups is 2. The topological polar surface area (TPSA) is 79.5 Å². The van der Waals surface area contributed by atoms with E-state index in [0.29, 0.717) is 13.0 Å². The zero-order valence-electron chi connectivity index (χ0n) is 16.3. The van der Waals surface area contributed by atoms with Gasteiger partial charge in [0.2, 0.25) is 5.91 Å². The van der Waals surface area contributed by atoms with Crippen LogP contribution in [0.4, 0.5) is 10.5 Å². The van der Waals surface area contributed by atoms with Crippen molar-refractivity contribution in [1.82, 2.24) is 10.6 Å². The first-order valence-electron chi connectivity index (χ1n) is 9.64. The van der Waals surface area contributed by atoms with E-state index in [0.717, 1.165) is 35.4 Å². The zero-order valence-corrected chi connectivity index (χ0v) is 16.3. The van der Waals surface area contributed by atoms with Crippen molar-refractivity contribution in [3.8, 4) is 5.75 Å². The maximum Gasteiger partial charge on any atom is 0.315 e. The number of para-hydroxylation sites is 1. The molecule has 1 fully saturated rings. The highest BCUT2D eigenvalue weighted by atomic mass is 16.5. The first-order chi connectivity index (χ1) is 13.6. The van der Waals surface area contributed by atoms with Gasteiger partial charge in [-0.2, -0.15) is 0 Å². The smallest absolute Gasteiger partial charge is 0.315 e. The maximum absolute atomic E-state index is 12.2. The van der Waals surface area contributed by atoms with Crippen LogP contribution < -0.4 is 20.7 Å². The zero-order chi connectivity index (χ0) is 19.9. The molecule has 148 valence electrons. The van der Waals surface area contributed by atoms with E-state index in [1.807, 2.05) is 55.5 Å². The lowest BCUT2D eigenvalue weighted by Crippen LogP contribution is -2.38. The molecular weight excluding hydrogens is 354 g/mol. The van der Waals surface area contributed by atoms with E-state index >= 15 is 0 Å². The first kappa shape index (κ1) is 19.7. The Labute approximate surface area is 165 Å². The van der Waals surface area contributed by atoms with Gasteiger partial charge in [-0.3, -0.25) is 4.79 Å². The van der Waals surface area contributed by atoms with E-state index in [1.165, 1.54) is 0 Å². The summed E-state index contributed by atoms with van der Waals surface area (Å²) in [4.78, 5) is 24.0. The van der Waals surface area contributed by atoms with E-state index in [4.69, 9.17) is 4.74 Å². The van der Waals surface area contributed by atoms with Crippen LogP contribution in [0.3, 0.4) is 0 Å². The lowest BCUT2D eigenvalue weighted by Gasteiger charge is -2.16. The molecule has 0 heterocycles. The number of benzene rings is 2. The maximum atomic E-state index is 12.2. The third kappa shape index (κ3) is 5.49. The van der Waals surface area contributed by atoms with Gasteiger partial charge in [0, 0.05) is 18.2 Å². The normalized spacial score (nSPS) is 14.1. The second-order valence-electron chi connectivity index (χ2n) is 7.07. The number of hydrogen-bond donors (Lipinski definition) is 3. The minimum atomic E-state index is -0.214. The summed E-state index contributed by atoms with van der Waals surface area (Å²) >= 11 is 0. The molecule has 28 heavy (non-hydrogen) atoms. The number of carbonyl (C=O) groups excluding carboxylic acids is 2. The summed E-state index contributed by atoms with van der Waals surface area (Å²) in [5.74, 6) is 1.10. The number of methoxy groups -OCH3 is 1. The number of amides is 3. The molecular formula is C22H27N3O3. The van der Waals surface area contributed by atoms with Crippen LogP contribution in [0.15, 0.2) is 48.5 Å². The molecule has 2 aromatic rings. The molecule has 3 amide bonds. The highest BCUT2D eigenvalue weighted by Crippen LogP contribution is 2.30. The molecule has 3 N–H and O–H groups in total. The second-order valence-corrected chi connectivity index (χ2v) is 7.07. The van der Waals surface area contributed by atoms with Gasteiger partial charge in [-0.1, -0.05) is 30.3 Å². The van der Waals surface area contributed by atoms with Crippen molar-refractivity contribution in [2.75, 3.05) is 19.0 Å². The van der Waals surface area contributed by atoms with Crippen molar-refractivity contribution in [2.45, 2.75) is 32.2 Å². The van der Waals surface area contributed by atoms with Gasteiger partial charge in [-0.05, 0) is 55.5 Å². The Morgan fingerprint density at radius 3 is 2.50 bits per heavy atom. The van der Waals surface area contributed by atoms with E-state index in [2.05, 4.69) is 16.0 Å². The van der Waals surface area contributed by atoms with Crippen molar-refractivity contribution in [3.63, 3.8) is 0 Å². The molecule has 0 aromatic heterocycles. The molecule has 1 saturated carbocycles. The van der Waals surface area contributed by atoms with Gasteiger partial charge in [-0.25, -0.2) is 4.79 Å². The van der Waals surface area contributed by atoms with Crippen LogP contribution >= 0.6 is 0 Å². The SMILES string of the molecule is COc1ccccc1CCNC(=O)NC(C)c1ccc(NC(=O)C2CC2)cc1. The molecule has 6 heteroatoms. The molecule has 0 aliphatic heterocycles. The predicted molar refractivity (Wildman–Crippen MR) is 109 cm³/mol. The Kier molecular flexibility index (Phi) is 6.53. The fourth-order valence-electron chi connectivity index (χ4n) is 3.00. The predicted octanol–water partition coefficient (Wildman–Crippen LogP) is 3.65. The summed E-state index contributed by atoms with van der Waals surface area (Å²) in [5, 5.41) is 8.72. The van der Waals surface area contributed by atoms with E-state index in [-0.39, 0.29) is 23.9 Å².